The summed E-state index contributed by atoms with van der Waals surface area (Å²) in [6, 6.07) is 65.5. The highest BCUT2D eigenvalue weighted by Gasteiger charge is 2.31. The van der Waals surface area contributed by atoms with E-state index in [1.807, 2.05) is 0 Å². The fourth-order valence-electron chi connectivity index (χ4n) is 10.8. The van der Waals surface area contributed by atoms with Crippen LogP contribution < -0.4 is 0 Å². The molecule has 2 unspecified atom stereocenters. The van der Waals surface area contributed by atoms with Gasteiger partial charge in [-0.05, 0) is 97.3 Å². The molecule has 0 saturated heterocycles. The molecule has 58 heavy (non-hydrogen) atoms. The van der Waals surface area contributed by atoms with Crippen molar-refractivity contribution < 1.29 is 4.42 Å². The van der Waals surface area contributed by atoms with Crippen LogP contribution in [0.3, 0.4) is 0 Å². The zero-order valence-electron chi connectivity index (χ0n) is 32.0. The lowest BCUT2D eigenvalue weighted by atomic mass is 9.79. The van der Waals surface area contributed by atoms with Crippen molar-refractivity contribution in [2.24, 2.45) is 0 Å². The van der Waals surface area contributed by atoms with Gasteiger partial charge in [-0.15, -0.1) is 0 Å². The van der Waals surface area contributed by atoms with Crippen LogP contribution in [-0.4, -0.2) is 13.7 Å². The Labute approximate surface area is 334 Å². The number of rotatable bonds is 4. The van der Waals surface area contributed by atoms with Gasteiger partial charge in [-0.25, -0.2) is 0 Å². The molecular formula is C54H39N3O. The van der Waals surface area contributed by atoms with E-state index in [4.69, 9.17) is 4.42 Å². The van der Waals surface area contributed by atoms with Gasteiger partial charge in [0.2, 0.25) is 0 Å². The molecule has 4 heterocycles. The van der Waals surface area contributed by atoms with Gasteiger partial charge >= 0.3 is 0 Å². The number of aromatic nitrogens is 3. The van der Waals surface area contributed by atoms with E-state index in [2.05, 4.69) is 190 Å². The van der Waals surface area contributed by atoms with Crippen LogP contribution in [0.4, 0.5) is 0 Å². The number of hydrogen-bond donors (Lipinski definition) is 0. The van der Waals surface area contributed by atoms with Crippen LogP contribution in [-0.2, 0) is 0 Å². The summed E-state index contributed by atoms with van der Waals surface area (Å²) in [5.74, 6) is 0.375. The highest BCUT2D eigenvalue weighted by atomic mass is 16.3. The lowest BCUT2D eigenvalue weighted by Gasteiger charge is -2.34. The average molecular weight is 746 g/mol. The second-order valence-electron chi connectivity index (χ2n) is 16.3. The number of furan rings is 1. The van der Waals surface area contributed by atoms with Crippen LogP contribution in [0.2, 0.25) is 0 Å². The van der Waals surface area contributed by atoms with E-state index in [1.54, 1.807) is 0 Å². The Hall–Kier alpha value is -7.04. The van der Waals surface area contributed by atoms with Gasteiger partial charge in [0.15, 0.2) is 0 Å². The van der Waals surface area contributed by atoms with Crippen molar-refractivity contribution in [2.45, 2.75) is 37.6 Å². The molecule has 12 aromatic rings. The lowest BCUT2D eigenvalue weighted by Crippen LogP contribution is -2.21. The number of fused-ring (bicyclic) bond motifs is 12. The van der Waals surface area contributed by atoms with Crippen molar-refractivity contribution in [1.82, 2.24) is 13.7 Å². The normalized spacial score (nSPS) is 16.3. The third-order valence-corrected chi connectivity index (χ3v) is 13.3. The molecule has 0 N–H and O–H groups in total. The molecule has 1 aliphatic carbocycles. The van der Waals surface area contributed by atoms with Crippen molar-refractivity contribution in [2.75, 3.05) is 0 Å². The van der Waals surface area contributed by atoms with Crippen LogP contribution in [0.25, 0.3) is 98.7 Å². The molecule has 0 aliphatic heterocycles. The van der Waals surface area contributed by atoms with Gasteiger partial charge in [0, 0.05) is 77.5 Å². The minimum absolute atomic E-state index is 0.308. The molecular weight excluding hydrogens is 707 g/mol. The predicted molar refractivity (Wildman–Crippen MR) is 242 cm³/mol. The van der Waals surface area contributed by atoms with E-state index >= 15 is 0 Å². The Bertz CT molecular complexity index is 3330. The summed E-state index contributed by atoms with van der Waals surface area (Å²) >= 11 is 0. The standard InChI is InChI=1S/C54H39N3O/c1-7-19-46(37(13-1)34-25-30-54-45(31-34)42-18-6-12-24-53(42)58-54)57-51-28-26-35(55-47-20-8-2-14-38(47)39-15-3-9-21-48(39)55)32-43(51)44-33-36(27-29-52(44)57)56-49-22-10-4-16-40(49)41-17-5-11-23-50(41)56/h2-6,8-12,14-18,20-33,37,46H,1,7,13,19H2. The summed E-state index contributed by atoms with van der Waals surface area (Å²) in [5.41, 5.74) is 13.2. The van der Waals surface area contributed by atoms with E-state index in [-0.39, 0.29) is 0 Å². The first-order valence-electron chi connectivity index (χ1n) is 20.7. The minimum atomic E-state index is 0.308. The van der Waals surface area contributed by atoms with Gasteiger partial charge < -0.3 is 18.1 Å². The summed E-state index contributed by atoms with van der Waals surface area (Å²) in [4.78, 5) is 0. The summed E-state index contributed by atoms with van der Waals surface area (Å²) in [5, 5.41) is 10.1. The molecule has 2 atom stereocenters. The Morgan fingerprint density at radius 2 is 0.828 bits per heavy atom. The largest absolute Gasteiger partial charge is 0.456 e. The highest BCUT2D eigenvalue weighted by Crippen LogP contribution is 2.47. The van der Waals surface area contributed by atoms with Gasteiger partial charge in [-0.2, -0.15) is 0 Å². The molecule has 4 heteroatoms. The van der Waals surface area contributed by atoms with Crippen LogP contribution in [0.5, 0.6) is 0 Å². The quantitative estimate of drug-likeness (QED) is 0.176. The zero-order valence-corrected chi connectivity index (χ0v) is 32.0. The molecule has 0 bridgehead atoms. The summed E-state index contributed by atoms with van der Waals surface area (Å²) in [6.07, 6.45) is 4.75. The maximum atomic E-state index is 6.29. The van der Waals surface area contributed by atoms with Gasteiger partial charge in [0.25, 0.3) is 0 Å². The highest BCUT2D eigenvalue weighted by molar-refractivity contribution is 6.13. The zero-order chi connectivity index (χ0) is 37.9. The first-order chi connectivity index (χ1) is 28.8. The van der Waals surface area contributed by atoms with E-state index in [0.29, 0.717) is 12.0 Å². The van der Waals surface area contributed by atoms with E-state index in [9.17, 15) is 0 Å². The first-order valence-corrected chi connectivity index (χ1v) is 20.7. The Morgan fingerprint density at radius 3 is 1.38 bits per heavy atom. The molecule has 13 rings (SSSR count). The molecule has 0 amide bonds. The molecule has 276 valence electrons. The number of para-hydroxylation sites is 5. The summed E-state index contributed by atoms with van der Waals surface area (Å²) < 4.78 is 13.9. The Kier molecular flexibility index (Phi) is 6.77. The average Bonchev–Trinajstić information content (AvgIpc) is 4.02. The summed E-state index contributed by atoms with van der Waals surface area (Å²) in [6.45, 7) is 0. The van der Waals surface area contributed by atoms with E-state index in [1.165, 1.54) is 106 Å². The Morgan fingerprint density at radius 1 is 0.362 bits per heavy atom. The second-order valence-corrected chi connectivity index (χ2v) is 16.3. The summed E-state index contributed by atoms with van der Waals surface area (Å²) in [7, 11) is 0. The van der Waals surface area contributed by atoms with Crippen LogP contribution in [0.1, 0.15) is 43.2 Å². The molecule has 8 aromatic carbocycles. The third-order valence-electron chi connectivity index (χ3n) is 13.3. The van der Waals surface area contributed by atoms with Gasteiger partial charge in [-0.1, -0.05) is 110 Å². The van der Waals surface area contributed by atoms with Crippen molar-refractivity contribution >= 4 is 87.4 Å². The maximum absolute atomic E-state index is 6.29. The van der Waals surface area contributed by atoms with Gasteiger partial charge in [0.1, 0.15) is 11.2 Å². The minimum Gasteiger partial charge on any atom is -0.456 e. The second kappa shape index (κ2) is 12.2. The maximum Gasteiger partial charge on any atom is 0.135 e. The van der Waals surface area contributed by atoms with Crippen molar-refractivity contribution in [3.05, 3.63) is 181 Å². The fourth-order valence-corrected chi connectivity index (χ4v) is 10.8. The smallest absolute Gasteiger partial charge is 0.135 e. The lowest BCUT2D eigenvalue weighted by molar-refractivity contribution is 0.317. The monoisotopic (exact) mass is 745 g/mol. The van der Waals surface area contributed by atoms with Crippen molar-refractivity contribution in [3.63, 3.8) is 0 Å². The molecule has 0 spiro atoms. The molecule has 1 saturated carbocycles. The SMILES string of the molecule is c1ccc2c(c1)oc1ccc(C3CCCCC3n3c4ccc(-n5c6ccccc6c6ccccc65)cc4c4cc(-n5c6ccccc6c6ccccc65)ccc43)cc12. The van der Waals surface area contributed by atoms with Gasteiger partial charge in [-0.3, -0.25) is 0 Å². The molecule has 1 fully saturated rings. The fraction of sp³-hybridized carbons (Fsp3) is 0.111. The molecule has 4 nitrogen and oxygen atoms in total. The Balaban J connectivity index is 1.07. The van der Waals surface area contributed by atoms with Crippen LogP contribution in [0, 0.1) is 0 Å². The topological polar surface area (TPSA) is 27.9 Å². The predicted octanol–water partition coefficient (Wildman–Crippen LogP) is 14.8. The first kappa shape index (κ1) is 32.1. The van der Waals surface area contributed by atoms with Crippen LogP contribution in [0.15, 0.2) is 180 Å². The van der Waals surface area contributed by atoms with E-state index < -0.39 is 0 Å². The third kappa shape index (κ3) is 4.51. The molecule has 1 aliphatic rings. The number of hydrogen-bond acceptors (Lipinski definition) is 1. The molecule has 0 radical (unpaired) electrons. The number of nitrogens with zero attached hydrogens (tertiary/aromatic N) is 3. The van der Waals surface area contributed by atoms with E-state index in [0.717, 1.165) is 24.0 Å². The van der Waals surface area contributed by atoms with Gasteiger partial charge in [0.05, 0.1) is 22.1 Å². The van der Waals surface area contributed by atoms with Crippen molar-refractivity contribution in [1.29, 1.82) is 0 Å². The van der Waals surface area contributed by atoms with Crippen molar-refractivity contribution in [3.8, 4) is 11.4 Å². The van der Waals surface area contributed by atoms with Crippen LogP contribution >= 0.6 is 0 Å². The molecule has 4 aromatic heterocycles. The number of benzene rings is 8.